The molecule has 1 aliphatic heterocycles. The Morgan fingerprint density at radius 3 is 2.52 bits per heavy atom. The lowest BCUT2D eigenvalue weighted by atomic mass is 9.86. The minimum atomic E-state index is -3.51. The van der Waals surface area contributed by atoms with Crippen molar-refractivity contribution in [3.63, 3.8) is 0 Å². The molecule has 1 heterocycles. The number of carbonyl (C=O) groups is 1. The second kappa shape index (κ2) is 7.87. The zero-order valence-corrected chi connectivity index (χ0v) is 15.7. The molecular formula is C19H28N2O3S. The van der Waals surface area contributed by atoms with E-state index in [0.717, 1.165) is 38.5 Å². The first kappa shape index (κ1) is 18.4. The molecule has 0 unspecified atom stereocenters. The van der Waals surface area contributed by atoms with Crippen LogP contribution in [-0.4, -0.2) is 37.8 Å². The molecule has 2 atom stereocenters. The third kappa shape index (κ3) is 4.23. The molecule has 25 heavy (non-hydrogen) atoms. The van der Waals surface area contributed by atoms with Gasteiger partial charge in [0.15, 0.2) is 0 Å². The van der Waals surface area contributed by atoms with Crippen molar-refractivity contribution in [2.75, 3.05) is 13.1 Å². The van der Waals surface area contributed by atoms with Crippen molar-refractivity contribution in [1.29, 1.82) is 0 Å². The van der Waals surface area contributed by atoms with Gasteiger partial charge in [0.05, 0.1) is 4.90 Å². The van der Waals surface area contributed by atoms with E-state index in [1.807, 2.05) is 0 Å². The van der Waals surface area contributed by atoms with Crippen LogP contribution in [0.4, 0.5) is 0 Å². The molecule has 5 nitrogen and oxygen atoms in total. The van der Waals surface area contributed by atoms with E-state index in [1.54, 1.807) is 18.2 Å². The van der Waals surface area contributed by atoms with Gasteiger partial charge < -0.3 is 5.32 Å². The Morgan fingerprint density at radius 1 is 1.08 bits per heavy atom. The number of nitrogens with zero attached hydrogens (tertiary/aromatic N) is 1. The minimum Gasteiger partial charge on any atom is -0.349 e. The zero-order valence-electron chi connectivity index (χ0n) is 14.9. The van der Waals surface area contributed by atoms with Crippen LogP contribution in [0, 0.1) is 5.92 Å². The lowest BCUT2D eigenvalue weighted by molar-refractivity contribution is 0.0910. The molecule has 0 spiro atoms. The summed E-state index contributed by atoms with van der Waals surface area (Å²) in [4.78, 5) is 12.8. The summed E-state index contributed by atoms with van der Waals surface area (Å²) >= 11 is 0. The molecule has 1 aliphatic carbocycles. The van der Waals surface area contributed by atoms with Crippen LogP contribution in [0.1, 0.15) is 62.2 Å². The highest BCUT2D eigenvalue weighted by molar-refractivity contribution is 7.89. The molecule has 1 amide bonds. The minimum absolute atomic E-state index is 0.172. The van der Waals surface area contributed by atoms with Crippen molar-refractivity contribution in [1.82, 2.24) is 9.62 Å². The van der Waals surface area contributed by atoms with Crippen molar-refractivity contribution in [2.24, 2.45) is 5.92 Å². The zero-order chi connectivity index (χ0) is 17.9. The van der Waals surface area contributed by atoms with Gasteiger partial charge in [-0.2, -0.15) is 4.31 Å². The van der Waals surface area contributed by atoms with Crippen molar-refractivity contribution in [2.45, 2.75) is 62.8 Å². The SMILES string of the molecule is C[C@H]1CCCC[C@@H]1NC(=O)c1cccc(S(=O)(=O)N2CCCCC2)c1. The average Bonchev–Trinajstić information content (AvgIpc) is 2.64. The summed E-state index contributed by atoms with van der Waals surface area (Å²) in [6.45, 7) is 3.30. The number of piperidine rings is 1. The number of benzene rings is 1. The number of rotatable bonds is 4. The van der Waals surface area contributed by atoms with Gasteiger partial charge in [-0.3, -0.25) is 4.79 Å². The summed E-state index contributed by atoms with van der Waals surface area (Å²) in [6.07, 6.45) is 7.37. The summed E-state index contributed by atoms with van der Waals surface area (Å²) in [7, 11) is -3.51. The van der Waals surface area contributed by atoms with E-state index in [-0.39, 0.29) is 16.8 Å². The van der Waals surface area contributed by atoms with E-state index < -0.39 is 10.0 Å². The normalized spacial score (nSPS) is 25.5. The second-order valence-electron chi connectivity index (χ2n) is 7.33. The van der Waals surface area contributed by atoms with Crippen molar-refractivity contribution < 1.29 is 13.2 Å². The Kier molecular flexibility index (Phi) is 5.79. The van der Waals surface area contributed by atoms with E-state index >= 15 is 0 Å². The van der Waals surface area contributed by atoms with Crippen LogP contribution < -0.4 is 5.32 Å². The van der Waals surface area contributed by atoms with Gasteiger partial charge in [-0.15, -0.1) is 0 Å². The van der Waals surface area contributed by atoms with Gasteiger partial charge >= 0.3 is 0 Å². The monoisotopic (exact) mass is 364 g/mol. The Labute approximate surface area is 150 Å². The number of carbonyl (C=O) groups excluding carboxylic acids is 1. The summed E-state index contributed by atoms with van der Waals surface area (Å²) in [6, 6.07) is 6.65. The van der Waals surface area contributed by atoms with Gasteiger partial charge in [0.2, 0.25) is 10.0 Å². The molecule has 6 heteroatoms. The fourth-order valence-corrected chi connectivity index (χ4v) is 5.40. The number of amides is 1. The number of nitrogens with one attached hydrogen (secondary N) is 1. The Bertz CT molecular complexity index is 711. The lowest BCUT2D eigenvalue weighted by Crippen LogP contribution is -2.41. The summed E-state index contributed by atoms with van der Waals surface area (Å²) in [5.41, 5.74) is 0.427. The summed E-state index contributed by atoms with van der Waals surface area (Å²) in [5.74, 6) is 0.299. The van der Waals surface area contributed by atoms with E-state index in [1.165, 1.54) is 16.8 Å². The van der Waals surface area contributed by atoms with Gasteiger partial charge in [-0.1, -0.05) is 32.3 Å². The van der Waals surface area contributed by atoms with E-state index in [4.69, 9.17) is 0 Å². The molecule has 138 valence electrons. The van der Waals surface area contributed by atoms with E-state index in [2.05, 4.69) is 12.2 Å². The fourth-order valence-electron chi connectivity index (χ4n) is 3.83. The van der Waals surface area contributed by atoms with Crippen molar-refractivity contribution >= 4 is 15.9 Å². The van der Waals surface area contributed by atoms with Crippen molar-refractivity contribution in [3.05, 3.63) is 29.8 Å². The molecule has 0 aromatic heterocycles. The highest BCUT2D eigenvalue weighted by atomic mass is 32.2. The molecule has 2 aliphatic rings. The summed E-state index contributed by atoms with van der Waals surface area (Å²) in [5, 5.41) is 3.10. The molecular weight excluding hydrogens is 336 g/mol. The highest BCUT2D eigenvalue weighted by Crippen LogP contribution is 2.25. The molecule has 1 saturated carbocycles. The number of hydrogen-bond donors (Lipinski definition) is 1. The fraction of sp³-hybridized carbons (Fsp3) is 0.632. The standard InChI is InChI=1S/C19H28N2O3S/c1-15-8-3-4-11-18(15)20-19(22)16-9-7-10-17(14-16)25(23,24)21-12-5-2-6-13-21/h7,9-10,14-15,18H,2-6,8,11-13H2,1H3,(H,20,22)/t15-,18-/m0/s1. The maximum absolute atomic E-state index is 12.8. The van der Waals surface area contributed by atoms with Gasteiger partial charge in [-0.05, 0) is 49.8 Å². The largest absolute Gasteiger partial charge is 0.349 e. The molecule has 1 aromatic rings. The third-order valence-corrected chi connectivity index (χ3v) is 7.37. The van der Waals surface area contributed by atoms with Gasteiger partial charge in [0.25, 0.3) is 5.91 Å². The quantitative estimate of drug-likeness (QED) is 0.892. The molecule has 0 radical (unpaired) electrons. The van der Waals surface area contributed by atoms with E-state index in [9.17, 15) is 13.2 Å². The Hall–Kier alpha value is -1.40. The average molecular weight is 365 g/mol. The smallest absolute Gasteiger partial charge is 0.251 e. The first-order valence-electron chi connectivity index (χ1n) is 9.39. The molecule has 1 aromatic carbocycles. The maximum atomic E-state index is 12.8. The van der Waals surface area contributed by atoms with Crippen LogP contribution in [0.3, 0.4) is 0 Å². The van der Waals surface area contributed by atoms with Crippen LogP contribution in [0.2, 0.25) is 0 Å². The lowest BCUT2D eigenvalue weighted by Gasteiger charge is -2.29. The molecule has 3 rings (SSSR count). The van der Waals surface area contributed by atoms with Gasteiger partial charge in [0, 0.05) is 24.7 Å². The predicted molar refractivity (Wildman–Crippen MR) is 97.9 cm³/mol. The number of hydrogen-bond acceptors (Lipinski definition) is 3. The second-order valence-corrected chi connectivity index (χ2v) is 9.27. The topological polar surface area (TPSA) is 66.5 Å². The Morgan fingerprint density at radius 2 is 1.80 bits per heavy atom. The highest BCUT2D eigenvalue weighted by Gasteiger charge is 2.27. The first-order chi connectivity index (χ1) is 12.0. The third-order valence-electron chi connectivity index (χ3n) is 5.48. The molecule has 1 saturated heterocycles. The Balaban J connectivity index is 1.75. The molecule has 0 bridgehead atoms. The van der Waals surface area contributed by atoms with Crippen LogP contribution in [-0.2, 0) is 10.0 Å². The predicted octanol–water partition coefficient (Wildman–Crippen LogP) is 3.17. The van der Waals surface area contributed by atoms with Crippen LogP contribution >= 0.6 is 0 Å². The van der Waals surface area contributed by atoms with Crippen LogP contribution in [0.25, 0.3) is 0 Å². The van der Waals surface area contributed by atoms with Crippen molar-refractivity contribution in [3.8, 4) is 0 Å². The van der Waals surface area contributed by atoms with E-state index in [0.29, 0.717) is 24.6 Å². The molecule has 2 fully saturated rings. The van der Waals surface area contributed by atoms with Crippen LogP contribution in [0.5, 0.6) is 0 Å². The maximum Gasteiger partial charge on any atom is 0.251 e. The first-order valence-corrected chi connectivity index (χ1v) is 10.8. The van der Waals surface area contributed by atoms with Crippen LogP contribution in [0.15, 0.2) is 29.2 Å². The number of sulfonamides is 1. The molecule has 1 N–H and O–H groups in total. The summed E-state index contributed by atoms with van der Waals surface area (Å²) < 4.78 is 27.1. The van der Waals surface area contributed by atoms with Gasteiger partial charge in [-0.25, -0.2) is 8.42 Å². The van der Waals surface area contributed by atoms with Gasteiger partial charge in [0.1, 0.15) is 0 Å².